The third-order valence-electron chi connectivity index (χ3n) is 5.70. The Bertz CT molecular complexity index is 696. The lowest BCUT2D eigenvalue weighted by Gasteiger charge is -2.35. The molecule has 27 heavy (non-hydrogen) atoms. The summed E-state index contributed by atoms with van der Waals surface area (Å²) in [5.41, 5.74) is 4.99. The van der Waals surface area contributed by atoms with Gasteiger partial charge in [0.2, 0.25) is 0 Å². The van der Waals surface area contributed by atoms with Gasteiger partial charge in [-0.15, -0.1) is 0 Å². The molecule has 0 bridgehead atoms. The molecule has 0 aromatic heterocycles. The minimum atomic E-state index is -0.312. The van der Waals surface area contributed by atoms with Gasteiger partial charge in [0.05, 0.1) is 12.1 Å². The molecule has 2 aromatic rings. The third-order valence-corrected chi connectivity index (χ3v) is 5.70. The van der Waals surface area contributed by atoms with Gasteiger partial charge >= 0.3 is 0 Å². The van der Waals surface area contributed by atoms with Crippen LogP contribution in [0.15, 0.2) is 48.5 Å². The van der Waals surface area contributed by atoms with Crippen LogP contribution in [0.25, 0.3) is 0 Å². The molecule has 0 heterocycles. The molecule has 2 aromatic carbocycles. The van der Waals surface area contributed by atoms with Crippen LogP contribution in [0.1, 0.15) is 68.7 Å². The summed E-state index contributed by atoms with van der Waals surface area (Å²) in [7, 11) is 0. The molecule has 2 heteroatoms. The van der Waals surface area contributed by atoms with Crippen molar-refractivity contribution in [2.24, 2.45) is 5.92 Å². The van der Waals surface area contributed by atoms with Crippen molar-refractivity contribution in [2.45, 2.75) is 65.3 Å². The van der Waals surface area contributed by atoms with Crippen LogP contribution >= 0.6 is 0 Å². The van der Waals surface area contributed by atoms with Crippen LogP contribution in [-0.2, 0) is 12.0 Å². The zero-order valence-corrected chi connectivity index (χ0v) is 17.6. The summed E-state index contributed by atoms with van der Waals surface area (Å²) in [4.78, 5) is 0. The standard InChI is InChI=1S/C25H37NO/c1-5-6-7-12-20(2)19-22-14-9-11-16-24(22)25(4,26-17-18-27)23-15-10-8-13-21(23)3/h8-11,13-16,20,26-27H,5-7,12,17-19H2,1-4H3/t20-,25-/m1/s1. The Kier molecular flexibility index (Phi) is 8.53. The lowest BCUT2D eigenvalue weighted by molar-refractivity contribution is 0.272. The fraction of sp³-hybridized carbons (Fsp3) is 0.520. The van der Waals surface area contributed by atoms with Gasteiger partial charge in [0, 0.05) is 6.54 Å². The minimum Gasteiger partial charge on any atom is -0.395 e. The first-order valence-electron chi connectivity index (χ1n) is 10.5. The van der Waals surface area contributed by atoms with E-state index >= 15 is 0 Å². The average Bonchev–Trinajstić information content (AvgIpc) is 2.67. The number of rotatable bonds is 11. The van der Waals surface area contributed by atoms with Crippen molar-refractivity contribution in [1.29, 1.82) is 0 Å². The van der Waals surface area contributed by atoms with Gasteiger partial charge in [-0.05, 0) is 48.4 Å². The number of aryl methyl sites for hydroxylation is 1. The fourth-order valence-electron chi connectivity index (χ4n) is 4.18. The van der Waals surface area contributed by atoms with Gasteiger partial charge in [-0.3, -0.25) is 0 Å². The van der Waals surface area contributed by atoms with Crippen molar-refractivity contribution in [3.63, 3.8) is 0 Å². The number of benzene rings is 2. The smallest absolute Gasteiger partial charge is 0.0667 e. The molecule has 2 nitrogen and oxygen atoms in total. The zero-order valence-electron chi connectivity index (χ0n) is 17.6. The lowest BCUT2D eigenvalue weighted by Crippen LogP contribution is -2.43. The van der Waals surface area contributed by atoms with Crippen LogP contribution in [0.2, 0.25) is 0 Å². The lowest BCUT2D eigenvalue weighted by atomic mass is 9.78. The maximum Gasteiger partial charge on any atom is 0.0667 e. The van der Waals surface area contributed by atoms with Crippen LogP contribution in [0.4, 0.5) is 0 Å². The monoisotopic (exact) mass is 367 g/mol. The predicted octanol–water partition coefficient (Wildman–Crippen LogP) is 5.60. The van der Waals surface area contributed by atoms with Crippen molar-refractivity contribution < 1.29 is 5.11 Å². The van der Waals surface area contributed by atoms with Gasteiger partial charge in [-0.2, -0.15) is 0 Å². The SMILES string of the molecule is CCCCC[C@@H](C)Cc1ccccc1[C@](C)(NCCO)c1ccccc1C. The Hall–Kier alpha value is -1.64. The molecule has 2 atom stereocenters. The molecule has 0 amide bonds. The van der Waals surface area contributed by atoms with Crippen molar-refractivity contribution in [1.82, 2.24) is 5.32 Å². The van der Waals surface area contributed by atoms with E-state index in [-0.39, 0.29) is 12.1 Å². The number of hydrogen-bond donors (Lipinski definition) is 2. The summed E-state index contributed by atoms with van der Waals surface area (Å²) in [6, 6.07) is 17.4. The maximum atomic E-state index is 9.47. The Labute approximate surface area is 166 Å². The molecule has 148 valence electrons. The molecule has 0 aliphatic rings. The van der Waals surface area contributed by atoms with E-state index in [2.05, 4.69) is 81.5 Å². The Morgan fingerprint density at radius 1 is 1.00 bits per heavy atom. The highest BCUT2D eigenvalue weighted by atomic mass is 16.3. The number of nitrogens with one attached hydrogen (secondary N) is 1. The largest absolute Gasteiger partial charge is 0.395 e. The molecular weight excluding hydrogens is 330 g/mol. The molecule has 2 rings (SSSR count). The molecule has 0 saturated carbocycles. The van der Waals surface area contributed by atoms with Gasteiger partial charge in [-0.25, -0.2) is 0 Å². The summed E-state index contributed by atoms with van der Waals surface area (Å²) >= 11 is 0. The van der Waals surface area contributed by atoms with Crippen molar-refractivity contribution >= 4 is 0 Å². The average molecular weight is 368 g/mol. The minimum absolute atomic E-state index is 0.136. The fourth-order valence-corrected chi connectivity index (χ4v) is 4.18. The zero-order chi connectivity index (χ0) is 19.7. The van der Waals surface area contributed by atoms with E-state index in [4.69, 9.17) is 0 Å². The van der Waals surface area contributed by atoms with E-state index in [1.165, 1.54) is 47.9 Å². The topological polar surface area (TPSA) is 32.3 Å². The van der Waals surface area contributed by atoms with Crippen molar-refractivity contribution in [3.05, 3.63) is 70.8 Å². The van der Waals surface area contributed by atoms with Crippen LogP contribution < -0.4 is 5.32 Å². The summed E-state index contributed by atoms with van der Waals surface area (Å²) < 4.78 is 0. The Morgan fingerprint density at radius 3 is 2.33 bits per heavy atom. The first kappa shape index (κ1) is 21.7. The van der Waals surface area contributed by atoms with Crippen LogP contribution in [-0.4, -0.2) is 18.3 Å². The van der Waals surface area contributed by atoms with E-state index in [9.17, 15) is 5.11 Å². The van der Waals surface area contributed by atoms with Gasteiger partial charge in [0.1, 0.15) is 0 Å². The van der Waals surface area contributed by atoms with Crippen molar-refractivity contribution in [2.75, 3.05) is 13.2 Å². The second-order valence-electron chi connectivity index (χ2n) is 8.05. The molecule has 0 radical (unpaired) electrons. The summed E-state index contributed by atoms with van der Waals surface area (Å²) in [6.07, 6.45) is 6.30. The molecule has 0 aliphatic carbocycles. The molecule has 0 unspecified atom stereocenters. The predicted molar refractivity (Wildman–Crippen MR) is 116 cm³/mol. The maximum absolute atomic E-state index is 9.47. The van der Waals surface area contributed by atoms with E-state index < -0.39 is 0 Å². The molecule has 0 fully saturated rings. The van der Waals surface area contributed by atoms with Crippen LogP contribution in [0, 0.1) is 12.8 Å². The highest BCUT2D eigenvalue weighted by Gasteiger charge is 2.31. The molecule has 0 saturated heterocycles. The number of aliphatic hydroxyl groups is 1. The van der Waals surface area contributed by atoms with Gasteiger partial charge < -0.3 is 10.4 Å². The summed E-state index contributed by atoms with van der Waals surface area (Å²) in [5.74, 6) is 0.677. The first-order valence-corrected chi connectivity index (χ1v) is 10.5. The van der Waals surface area contributed by atoms with Crippen LogP contribution in [0.5, 0.6) is 0 Å². The van der Waals surface area contributed by atoms with Gasteiger partial charge in [0.15, 0.2) is 0 Å². The molecule has 2 N–H and O–H groups in total. The highest BCUT2D eigenvalue weighted by molar-refractivity contribution is 5.45. The molecular formula is C25H37NO. The highest BCUT2D eigenvalue weighted by Crippen LogP contribution is 2.34. The van der Waals surface area contributed by atoms with Gasteiger partial charge in [-0.1, -0.05) is 88.1 Å². The van der Waals surface area contributed by atoms with Crippen LogP contribution in [0.3, 0.4) is 0 Å². The van der Waals surface area contributed by atoms with Crippen molar-refractivity contribution in [3.8, 4) is 0 Å². The number of unbranched alkanes of at least 4 members (excludes halogenated alkanes) is 2. The molecule has 0 spiro atoms. The second kappa shape index (κ2) is 10.6. The number of aliphatic hydroxyl groups excluding tert-OH is 1. The third kappa shape index (κ3) is 5.67. The number of hydrogen-bond acceptors (Lipinski definition) is 2. The molecule has 0 aliphatic heterocycles. The second-order valence-corrected chi connectivity index (χ2v) is 8.05. The van der Waals surface area contributed by atoms with E-state index in [0.29, 0.717) is 12.5 Å². The van der Waals surface area contributed by atoms with Gasteiger partial charge in [0.25, 0.3) is 0 Å². The normalized spacial score (nSPS) is 14.7. The van der Waals surface area contributed by atoms with E-state index in [1.54, 1.807) is 0 Å². The summed E-state index contributed by atoms with van der Waals surface area (Å²) in [6.45, 7) is 9.77. The Morgan fingerprint density at radius 2 is 1.67 bits per heavy atom. The quantitative estimate of drug-likeness (QED) is 0.507. The first-order chi connectivity index (χ1) is 13.0. The van der Waals surface area contributed by atoms with E-state index in [1.807, 2.05) is 0 Å². The van der Waals surface area contributed by atoms with E-state index in [0.717, 1.165) is 6.42 Å². The Balaban J connectivity index is 2.37. The summed E-state index contributed by atoms with van der Waals surface area (Å²) in [5, 5.41) is 13.1.